The van der Waals surface area contributed by atoms with E-state index < -0.39 is 0 Å². The van der Waals surface area contributed by atoms with Gasteiger partial charge in [0.1, 0.15) is 11.6 Å². The monoisotopic (exact) mass is 397 g/mol. The largest absolute Gasteiger partial charge is 0.484 e. The zero-order valence-electron chi connectivity index (χ0n) is 13.3. The number of para-hydroxylation sites is 2. The van der Waals surface area contributed by atoms with E-state index in [4.69, 9.17) is 4.74 Å². The molecule has 25 heavy (non-hydrogen) atoms. The van der Waals surface area contributed by atoms with Gasteiger partial charge in [-0.2, -0.15) is 0 Å². The number of carbonyl (C=O) groups is 1. The summed E-state index contributed by atoms with van der Waals surface area (Å²) in [5.74, 6) is 1.10. The minimum absolute atomic E-state index is 0.0546. The van der Waals surface area contributed by atoms with Crippen LogP contribution in [-0.4, -0.2) is 17.5 Å². The number of nitrogens with one attached hydrogen (secondary N) is 2. The standard InChI is InChI=1S/C19H16BrN3O2/c20-16-8-4-5-9-17(16)23-18-11-10-14(12-21-18)22-19(24)13-25-15-6-2-1-3-7-15/h1-12H,13H2,(H,21,23)(H,22,24). The average molecular weight is 398 g/mol. The first kappa shape index (κ1) is 17.0. The van der Waals surface area contributed by atoms with Crippen molar-refractivity contribution >= 4 is 39.0 Å². The Balaban J connectivity index is 1.53. The van der Waals surface area contributed by atoms with Crippen LogP contribution in [0.15, 0.2) is 77.4 Å². The molecule has 6 heteroatoms. The number of nitrogens with zero attached hydrogens (tertiary/aromatic N) is 1. The summed E-state index contributed by atoms with van der Waals surface area (Å²) in [5.41, 5.74) is 1.53. The summed E-state index contributed by atoms with van der Waals surface area (Å²) >= 11 is 3.48. The number of rotatable bonds is 6. The van der Waals surface area contributed by atoms with Gasteiger partial charge in [0, 0.05) is 4.47 Å². The van der Waals surface area contributed by atoms with Crippen LogP contribution in [0.3, 0.4) is 0 Å². The lowest BCUT2D eigenvalue weighted by Crippen LogP contribution is -2.20. The molecule has 0 saturated carbocycles. The molecule has 0 fully saturated rings. The van der Waals surface area contributed by atoms with Crippen LogP contribution in [0.1, 0.15) is 0 Å². The second-order valence-electron chi connectivity index (χ2n) is 5.19. The SMILES string of the molecule is O=C(COc1ccccc1)Nc1ccc(Nc2ccccc2Br)nc1. The molecule has 0 unspecified atom stereocenters. The number of halogens is 1. The minimum atomic E-state index is -0.239. The predicted molar refractivity (Wildman–Crippen MR) is 102 cm³/mol. The summed E-state index contributed by atoms with van der Waals surface area (Å²) < 4.78 is 6.36. The minimum Gasteiger partial charge on any atom is -0.484 e. The molecule has 0 bridgehead atoms. The van der Waals surface area contributed by atoms with Crippen molar-refractivity contribution in [3.63, 3.8) is 0 Å². The van der Waals surface area contributed by atoms with Crippen molar-refractivity contribution in [1.82, 2.24) is 4.98 Å². The van der Waals surface area contributed by atoms with E-state index in [9.17, 15) is 4.79 Å². The van der Waals surface area contributed by atoms with E-state index in [-0.39, 0.29) is 12.5 Å². The molecule has 126 valence electrons. The molecule has 1 aromatic heterocycles. The van der Waals surface area contributed by atoms with E-state index in [1.807, 2.05) is 42.5 Å². The Kier molecular flexibility index (Phi) is 5.64. The van der Waals surface area contributed by atoms with E-state index >= 15 is 0 Å². The van der Waals surface area contributed by atoms with Crippen molar-refractivity contribution in [1.29, 1.82) is 0 Å². The molecule has 0 aliphatic carbocycles. The lowest BCUT2D eigenvalue weighted by molar-refractivity contribution is -0.118. The topological polar surface area (TPSA) is 63.2 Å². The second-order valence-corrected chi connectivity index (χ2v) is 6.04. The van der Waals surface area contributed by atoms with Crippen LogP contribution in [-0.2, 0) is 4.79 Å². The highest BCUT2D eigenvalue weighted by Gasteiger charge is 2.05. The van der Waals surface area contributed by atoms with Gasteiger partial charge in [-0.15, -0.1) is 0 Å². The first-order valence-corrected chi connectivity index (χ1v) is 8.45. The molecule has 1 heterocycles. The molecule has 2 N–H and O–H groups in total. The van der Waals surface area contributed by atoms with Crippen LogP contribution in [0.5, 0.6) is 5.75 Å². The molecule has 2 aromatic carbocycles. The first-order chi connectivity index (χ1) is 12.2. The van der Waals surface area contributed by atoms with Crippen molar-refractivity contribution < 1.29 is 9.53 Å². The number of aromatic nitrogens is 1. The number of hydrogen-bond acceptors (Lipinski definition) is 4. The third-order valence-corrected chi connectivity index (χ3v) is 3.99. The average Bonchev–Trinajstić information content (AvgIpc) is 2.64. The molecule has 0 saturated heterocycles. The van der Waals surface area contributed by atoms with Crippen LogP contribution >= 0.6 is 15.9 Å². The molecule has 0 radical (unpaired) electrons. The van der Waals surface area contributed by atoms with E-state index in [0.717, 1.165) is 10.2 Å². The fraction of sp³-hybridized carbons (Fsp3) is 0.0526. The fourth-order valence-corrected chi connectivity index (χ4v) is 2.49. The van der Waals surface area contributed by atoms with Gasteiger partial charge in [0.15, 0.2) is 6.61 Å². The van der Waals surface area contributed by atoms with Crippen molar-refractivity contribution in [3.05, 3.63) is 77.4 Å². The predicted octanol–water partition coefficient (Wildman–Crippen LogP) is 4.61. The van der Waals surface area contributed by atoms with Crippen LogP contribution < -0.4 is 15.4 Å². The quantitative estimate of drug-likeness (QED) is 0.637. The molecule has 3 rings (SSSR count). The van der Waals surface area contributed by atoms with Crippen molar-refractivity contribution in [2.75, 3.05) is 17.2 Å². The van der Waals surface area contributed by atoms with Crippen molar-refractivity contribution in [2.24, 2.45) is 0 Å². The molecule has 1 amide bonds. The van der Waals surface area contributed by atoms with Gasteiger partial charge in [-0.25, -0.2) is 4.98 Å². The third-order valence-electron chi connectivity index (χ3n) is 3.30. The van der Waals surface area contributed by atoms with Crippen LogP contribution in [0, 0.1) is 0 Å². The number of hydrogen-bond donors (Lipinski definition) is 2. The Hall–Kier alpha value is -2.86. The zero-order chi connectivity index (χ0) is 17.5. The van der Waals surface area contributed by atoms with Gasteiger partial charge < -0.3 is 15.4 Å². The zero-order valence-corrected chi connectivity index (χ0v) is 14.9. The lowest BCUT2D eigenvalue weighted by Gasteiger charge is -2.09. The number of ether oxygens (including phenoxy) is 1. The number of anilines is 3. The number of carbonyl (C=O) groups excluding carboxylic acids is 1. The van der Waals surface area contributed by atoms with E-state index in [0.29, 0.717) is 17.3 Å². The van der Waals surface area contributed by atoms with Gasteiger partial charge in [-0.1, -0.05) is 30.3 Å². The Bertz CT molecular complexity index is 839. The van der Waals surface area contributed by atoms with Gasteiger partial charge in [-0.3, -0.25) is 4.79 Å². The maximum atomic E-state index is 11.9. The molecular formula is C19H16BrN3O2. The Morgan fingerprint density at radius 1 is 1.00 bits per heavy atom. The summed E-state index contributed by atoms with van der Waals surface area (Å²) in [6.45, 7) is -0.0546. The van der Waals surface area contributed by atoms with Crippen LogP contribution in [0.4, 0.5) is 17.2 Å². The first-order valence-electron chi connectivity index (χ1n) is 7.66. The fourth-order valence-electron chi connectivity index (χ4n) is 2.10. The smallest absolute Gasteiger partial charge is 0.262 e. The Morgan fingerprint density at radius 2 is 1.76 bits per heavy atom. The van der Waals surface area contributed by atoms with Gasteiger partial charge in [0.2, 0.25) is 0 Å². The maximum absolute atomic E-state index is 11.9. The third kappa shape index (κ3) is 5.06. The van der Waals surface area contributed by atoms with Gasteiger partial charge in [0.25, 0.3) is 5.91 Å². The normalized spacial score (nSPS) is 10.1. The summed E-state index contributed by atoms with van der Waals surface area (Å²) in [5, 5.41) is 5.96. The summed E-state index contributed by atoms with van der Waals surface area (Å²) in [4.78, 5) is 16.2. The van der Waals surface area contributed by atoms with E-state index in [2.05, 4.69) is 31.5 Å². The molecule has 0 spiro atoms. The highest BCUT2D eigenvalue weighted by molar-refractivity contribution is 9.10. The van der Waals surface area contributed by atoms with Crippen molar-refractivity contribution in [3.8, 4) is 5.75 Å². The Morgan fingerprint density at radius 3 is 2.48 bits per heavy atom. The number of benzene rings is 2. The molecule has 0 atom stereocenters. The lowest BCUT2D eigenvalue weighted by atomic mass is 10.3. The summed E-state index contributed by atoms with van der Waals surface area (Å²) in [6.07, 6.45) is 1.60. The van der Waals surface area contributed by atoms with Gasteiger partial charge >= 0.3 is 0 Å². The summed E-state index contributed by atoms with van der Waals surface area (Å²) in [6, 6.07) is 20.6. The maximum Gasteiger partial charge on any atom is 0.262 e. The molecule has 5 nitrogen and oxygen atoms in total. The van der Waals surface area contributed by atoms with Crippen LogP contribution in [0.2, 0.25) is 0 Å². The van der Waals surface area contributed by atoms with E-state index in [1.54, 1.807) is 30.5 Å². The molecule has 0 aliphatic rings. The number of amides is 1. The number of pyridine rings is 1. The van der Waals surface area contributed by atoms with E-state index in [1.165, 1.54) is 0 Å². The molecular weight excluding hydrogens is 382 g/mol. The second kappa shape index (κ2) is 8.30. The van der Waals surface area contributed by atoms with Gasteiger partial charge in [0.05, 0.1) is 17.6 Å². The van der Waals surface area contributed by atoms with Crippen LogP contribution in [0.25, 0.3) is 0 Å². The highest BCUT2D eigenvalue weighted by atomic mass is 79.9. The van der Waals surface area contributed by atoms with Crippen molar-refractivity contribution in [2.45, 2.75) is 0 Å². The Labute approximate surface area is 154 Å². The highest BCUT2D eigenvalue weighted by Crippen LogP contribution is 2.24. The molecule has 3 aromatic rings. The molecule has 0 aliphatic heterocycles. The summed E-state index contributed by atoms with van der Waals surface area (Å²) in [7, 11) is 0. The van der Waals surface area contributed by atoms with Gasteiger partial charge in [-0.05, 0) is 52.3 Å².